The third-order valence-corrected chi connectivity index (χ3v) is 14.5. The van der Waals surface area contributed by atoms with E-state index < -0.39 is 11.5 Å². The summed E-state index contributed by atoms with van der Waals surface area (Å²) in [7, 11) is 0. The number of nitrogens with zero attached hydrogens (tertiary/aromatic N) is 3. The maximum atomic E-state index is 9.28. The first-order valence-corrected chi connectivity index (χ1v) is 23.8. The van der Waals surface area contributed by atoms with Crippen molar-refractivity contribution in [1.82, 2.24) is 4.57 Å². The van der Waals surface area contributed by atoms with E-state index >= 15 is 0 Å². The molecule has 14 rings (SSSR count). The zero-order valence-corrected chi connectivity index (χ0v) is 37.9. The number of anilines is 6. The zero-order valence-electron chi connectivity index (χ0n) is 42.9. The largest absolute Gasteiger partial charge is 0.310 e. The molecule has 0 radical (unpaired) electrons. The Labute approximate surface area is 415 Å². The molecular weight excluding hydrogens is 847 g/mol. The van der Waals surface area contributed by atoms with Crippen LogP contribution < -0.4 is 9.80 Å². The predicted molar refractivity (Wildman–Crippen MR) is 292 cm³/mol. The van der Waals surface area contributed by atoms with Crippen LogP contribution in [0.3, 0.4) is 0 Å². The Morgan fingerprint density at radius 3 is 1.54 bits per heavy atom. The first kappa shape index (κ1) is 35.0. The van der Waals surface area contributed by atoms with Crippen molar-refractivity contribution in [3.63, 3.8) is 0 Å². The van der Waals surface area contributed by atoms with Gasteiger partial charge in [-0.25, -0.2) is 0 Å². The smallest absolute Gasteiger partial charge is 0.0782 e. The lowest BCUT2D eigenvalue weighted by molar-refractivity contribution is 0.793. The van der Waals surface area contributed by atoms with Crippen LogP contribution in [-0.4, -0.2) is 4.57 Å². The molecule has 0 fully saturated rings. The number of fused-ring (bicyclic) bond motifs is 13. The number of aromatic nitrogens is 1. The maximum Gasteiger partial charge on any atom is 0.0782 e. The molecule has 1 atom stereocenters. The van der Waals surface area contributed by atoms with Crippen molar-refractivity contribution < 1.29 is 6.85 Å². The second-order valence-corrected chi connectivity index (χ2v) is 18.0. The van der Waals surface area contributed by atoms with Crippen LogP contribution in [-0.2, 0) is 5.41 Å². The fourth-order valence-corrected chi connectivity index (χ4v) is 11.7. The van der Waals surface area contributed by atoms with Crippen molar-refractivity contribution in [3.8, 4) is 39.1 Å². The van der Waals surface area contributed by atoms with Crippen molar-refractivity contribution >= 4 is 55.9 Å². The van der Waals surface area contributed by atoms with Crippen LogP contribution in [0.2, 0.25) is 0 Å². The molecule has 1 spiro atoms. The average molecular weight is 897 g/mol. The summed E-state index contributed by atoms with van der Waals surface area (Å²) in [5, 5.41) is 2.31. The van der Waals surface area contributed by atoms with Crippen molar-refractivity contribution in [2.75, 3.05) is 9.80 Å². The molecule has 0 saturated carbocycles. The summed E-state index contributed by atoms with van der Waals surface area (Å²) in [6.07, 6.45) is 0. The molecule has 0 N–H and O–H groups in total. The predicted octanol–water partition coefficient (Wildman–Crippen LogP) is 17.7. The Kier molecular flexibility index (Phi) is 8.00. The van der Waals surface area contributed by atoms with Crippen LogP contribution in [0.4, 0.5) is 34.1 Å². The lowest BCUT2D eigenvalue weighted by Crippen LogP contribution is -2.26. The number of benzene rings is 11. The highest BCUT2D eigenvalue weighted by Crippen LogP contribution is 2.64. The number of para-hydroxylation sites is 6. The summed E-state index contributed by atoms with van der Waals surface area (Å²) >= 11 is 0. The van der Waals surface area contributed by atoms with E-state index in [1.54, 1.807) is 0 Å². The van der Waals surface area contributed by atoms with E-state index in [2.05, 4.69) is 216 Å². The van der Waals surface area contributed by atoms with Crippen LogP contribution >= 0.6 is 0 Å². The third kappa shape index (κ3) is 5.88. The lowest BCUT2D eigenvalue weighted by atomic mass is 9.70. The Morgan fingerprint density at radius 2 is 0.857 bits per heavy atom. The summed E-state index contributed by atoms with van der Waals surface area (Å²) < 4.78 is 47.0. The molecule has 2 aliphatic rings. The van der Waals surface area contributed by atoms with E-state index in [1.165, 1.54) is 5.39 Å². The topological polar surface area (TPSA) is 11.4 Å². The van der Waals surface area contributed by atoms with Gasteiger partial charge in [0.1, 0.15) is 0 Å². The molecule has 70 heavy (non-hydrogen) atoms. The van der Waals surface area contributed by atoms with Gasteiger partial charge in [0.25, 0.3) is 0 Å². The van der Waals surface area contributed by atoms with Gasteiger partial charge in [0, 0.05) is 44.8 Å². The molecule has 11 aromatic carbocycles. The number of rotatable bonds is 8. The molecule has 2 aliphatic carbocycles. The minimum absolute atomic E-state index is 0.0843. The van der Waals surface area contributed by atoms with Gasteiger partial charge in [-0.15, -0.1) is 0 Å². The van der Waals surface area contributed by atoms with Crippen molar-refractivity contribution in [3.05, 3.63) is 295 Å². The number of hydrogen-bond donors (Lipinski definition) is 0. The highest BCUT2D eigenvalue weighted by molar-refractivity contribution is 6.15. The van der Waals surface area contributed by atoms with Gasteiger partial charge >= 0.3 is 0 Å². The molecule has 0 amide bonds. The van der Waals surface area contributed by atoms with Gasteiger partial charge in [0.2, 0.25) is 0 Å². The minimum atomic E-state index is -0.832. The van der Waals surface area contributed by atoms with Gasteiger partial charge in [0.05, 0.1) is 34.7 Å². The van der Waals surface area contributed by atoms with Gasteiger partial charge in [-0.1, -0.05) is 194 Å². The lowest BCUT2D eigenvalue weighted by Gasteiger charge is -2.34. The van der Waals surface area contributed by atoms with E-state index in [1.807, 2.05) is 41.3 Å². The molecule has 0 aliphatic heterocycles. The molecule has 3 nitrogen and oxygen atoms in total. The fraction of sp³-hybridized carbons (Fsp3) is 0.0149. The van der Waals surface area contributed by atoms with Gasteiger partial charge in [-0.3, -0.25) is 0 Å². The summed E-state index contributed by atoms with van der Waals surface area (Å²) in [6, 6.07) is 83.9. The first-order chi connectivity index (χ1) is 36.8. The maximum absolute atomic E-state index is 9.28. The Hall–Kier alpha value is -9.18. The van der Waals surface area contributed by atoms with Crippen molar-refractivity contribution in [1.29, 1.82) is 0 Å². The first-order valence-electron chi connectivity index (χ1n) is 26.3. The van der Waals surface area contributed by atoms with E-state index in [9.17, 15) is 2.74 Å². The van der Waals surface area contributed by atoms with Crippen LogP contribution in [0.15, 0.2) is 273 Å². The summed E-state index contributed by atoms with van der Waals surface area (Å²) in [5.74, 6) is 0. The molecule has 12 aromatic rings. The second-order valence-electron chi connectivity index (χ2n) is 18.0. The van der Waals surface area contributed by atoms with E-state index in [0.29, 0.717) is 11.4 Å². The molecule has 0 saturated heterocycles. The van der Waals surface area contributed by atoms with Crippen LogP contribution in [0, 0.1) is 0 Å². The Morgan fingerprint density at radius 1 is 0.343 bits per heavy atom. The third-order valence-electron chi connectivity index (χ3n) is 14.5. The van der Waals surface area contributed by atoms with Gasteiger partial charge in [-0.2, -0.15) is 0 Å². The Bertz CT molecular complexity index is 4230. The SMILES string of the molecule is [2H]c1c([2H])c([2H])c(N(c2ccccc2)c2ccc3c(c2)C2(c4ccccc4-3)c3ccccc3-c3ccc(N(c4ccccc4-c4ccccc4)c4cccc5c6ccccc6n(-c6ccccc6)c45)cc32)c([2H])c1[2H]. The average Bonchev–Trinajstić information content (AvgIpc) is 4.29. The quantitative estimate of drug-likeness (QED) is 0.151. The highest BCUT2D eigenvalue weighted by Gasteiger charge is 2.52. The zero-order chi connectivity index (χ0) is 50.5. The Balaban J connectivity index is 1.07. The normalized spacial score (nSPS) is 15.1. The van der Waals surface area contributed by atoms with Crippen molar-refractivity contribution in [2.24, 2.45) is 0 Å². The van der Waals surface area contributed by atoms with E-state index in [-0.39, 0.29) is 29.9 Å². The molecule has 0 bridgehead atoms. The monoisotopic (exact) mass is 896 g/mol. The minimum Gasteiger partial charge on any atom is -0.310 e. The number of hydrogen-bond acceptors (Lipinski definition) is 2. The van der Waals surface area contributed by atoms with Crippen LogP contribution in [0.25, 0.3) is 60.9 Å². The van der Waals surface area contributed by atoms with Gasteiger partial charge in [-0.05, 0) is 129 Å². The van der Waals surface area contributed by atoms with Gasteiger partial charge < -0.3 is 14.4 Å². The summed E-state index contributed by atoms with van der Waals surface area (Å²) in [6.45, 7) is 0. The fourth-order valence-electron chi connectivity index (χ4n) is 11.7. The molecule has 1 unspecified atom stereocenters. The molecule has 1 heterocycles. The van der Waals surface area contributed by atoms with Crippen LogP contribution in [0.5, 0.6) is 0 Å². The second kappa shape index (κ2) is 16.0. The summed E-state index contributed by atoms with van der Waals surface area (Å²) in [5.41, 5.74) is 18.0. The van der Waals surface area contributed by atoms with E-state index in [4.69, 9.17) is 4.11 Å². The van der Waals surface area contributed by atoms with Crippen molar-refractivity contribution in [2.45, 2.75) is 5.41 Å². The highest BCUT2D eigenvalue weighted by atomic mass is 15.2. The van der Waals surface area contributed by atoms with E-state index in [0.717, 1.165) is 94.8 Å². The van der Waals surface area contributed by atoms with Gasteiger partial charge in [0.15, 0.2) is 0 Å². The standard InChI is InChI=1S/C67H45N3/c1-5-22-46(23-6-1)52-30-15-19-37-63(52)69(65-39-21-34-58-57-33-16-20-38-64(57)70(66(58)65)49-28-11-4-12-29-49)51-41-43-56-54-32-14-18-36-60(54)67(62(56)45-51)59-35-17-13-31-53(59)55-42-40-50(44-61(55)67)68(47-24-7-2-8-25-47)48-26-9-3-10-27-48/h1-45H/i2D,7D,8D,24D,25D. The molecule has 3 heteroatoms. The molecule has 328 valence electrons. The molecule has 1 aromatic heterocycles. The molecular formula is C67H45N3. The van der Waals surface area contributed by atoms with Crippen LogP contribution in [0.1, 0.15) is 29.1 Å². The summed E-state index contributed by atoms with van der Waals surface area (Å²) in [4.78, 5) is 4.28.